The number of amides is 1. The van der Waals surface area contributed by atoms with Gasteiger partial charge in [0.05, 0.1) is 6.61 Å². The molecule has 2 aromatic rings. The highest BCUT2D eigenvalue weighted by molar-refractivity contribution is 5.90. The molecule has 0 radical (unpaired) electrons. The predicted molar refractivity (Wildman–Crippen MR) is 80.5 cm³/mol. The molecule has 2 N–H and O–H groups in total. The lowest BCUT2D eigenvalue weighted by atomic mass is 10.0. The van der Waals surface area contributed by atoms with Crippen LogP contribution >= 0.6 is 0 Å². The molecule has 104 valence electrons. The van der Waals surface area contributed by atoms with Crippen LogP contribution in [0.2, 0.25) is 0 Å². The highest BCUT2D eigenvalue weighted by Gasteiger charge is 2.04. The number of anilines is 1. The number of hydrogen-bond acceptors (Lipinski definition) is 2. The third-order valence-corrected chi connectivity index (χ3v) is 3.30. The molecule has 0 unspecified atom stereocenters. The van der Waals surface area contributed by atoms with Crippen LogP contribution in [0.25, 0.3) is 0 Å². The normalized spacial score (nSPS) is 10.3. The van der Waals surface area contributed by atoms with Crippen LogP contribution in [0.5, 0.6) is 0 Å². The van der Waals surface area contributed by atoms with Gasteiger partial charge in [-0.2, -0.15) is 0 Å². The molecule has 0 fully saturated rings. The predicted octanol–water partition coefficient (Wildman–Crippen LogP) is 3.06. The van der Waals surface area contributed by atoms with Gasteiger partial charge < -0.3 is 10.4 Å². The van der Waals surface area contributed by atoms with Gasteiger partial charge in [-0.15, -0.1) is 0 Å². The van der Waals surface area contributed by atoms with Crippen molar-refractivity contribution in [1.29, 1.82) is 0 Å². The summed E-state index contributed by atoms with van der Waals surface area (Å²) in [6, 6.07) is 15.3. The van der Waals surface area contributed by atoms with Crippen LogP contribution in [-0.4, -0.2) is 11.0 Å². The van der Waals surface area contributed by atoms with Gasteiger partial charge in [0.15, 0.2) is 0 Å². The lowest BCUT2D eigenvalue weighted by molar-refractivity contribution is -0.116. The topological polar surface area (TPSA) is 49.3 Å². The number of aryl methyl sites for hydroxylation is 2. The average molecular weight is 269 g/mol. The Kier molecular flexibility index (Phi) is 4.91. The Bertz CT molecular complexity index is 576. The van der Waals surface area contributed by atoms with Crippen molar-refractivity contribution in [2.24, 2.45) is 0 Å². The van der Waals surface area contributed by atoms with Gasteiger partial charge in [-0.05, 0) is 42.2 Å². The fourth-order valence-electron chi connectivity index (χ4n) is 2.06. The van der Waals surface area contributed by atoms with Crippen molar-refractivity contribution in [1.82, 2.24) is 0 Å². The van der Waals surface area contributed by atoms with Crippen molar-refractivity contribution in [2.75, 3.05) is 5.32 Å². The standard InChI is InChI=1S/C17H19NO2/c1-13-4-2-3-5-15(13)8-11-17(20)18-16-9-6-14(12-19)7-10-16/h2-7,9-10,19H,8,11-12H2,1H3,(H,18,20). The van der Waals surface area contributed by atoms with Gasteiger partial charge in [0.2, 0.25) is 5.91 Å². The molecular formula is C17H19NO2. The van der Waals surface area contributed by atoms with Gasteiger partial charge in [-0.1, -0.05) is 36.4 Å². The van der Waals surface area contributed by atoms with Crippen LogP contribution in [-0.2, 0) is 17.8 Å². The van der Waals surface area contributed by atoms with E-state index in [9.17, 15) is 4.79 Å². The minimum Gasteiger partial charge on any atom is -0.392 e. The van der Waals surface area contributed by atoms with Crippen LogP contribution in [0.4, 0.5) is 5.69 Å². The van der Waals surface area contributed by atoms with Crippen LogP contribution in [0.15, 0.2) is 48.5 Å². The zero-order valence-corrected chi connectivity index (χ0v) is 11.6. The molecule has 0 saturated carbocycles. The molecular weight excluding hydrogens is 250 g/mol. The lowest BCUT2D eigenvalue weighted by Gasteiger charge is -2.07. The van der Waals surface area contributed by atoms with Crippen LogP contribution < -0.4 is 5.32 Å². The van der Waals surface area contributed by atoms with Gasteiger partial charge in [-0.25, -0.2) is 0 Å². The molecule has 3 nitrogen and oxygen atoms in total. The van der Waals surface area contributed by atoms with Crippen molar-refractivity contribution >= 4 is 11.6 Å². The summed E-state index contributed by atoms with van der Waals surface area (Å²) >= 11 is 0. The van der Waals surface area contributed by atoms with Gasteiger partial charge in [0, 0.05) is 12.1 Å². The first kappa shape index (κ1) is 14.3. The van der Waals surface area contributed by atoms with Crippen LogP contribution in [0.1, 0.15) is 23.1 Å². The average Bonchev–Trinajstić information content (AvgIpc) is 2.47. The van der Waals surface area contributed by atoms with Crippen molar-refractivity contribution in [3.8, 4) is 0 Å². The van der Waals surface area contributed by atoms with Crippen LogP contribution in [0.3, 0.4) is 0 Å². The summed E-state index contributed by atoms with van der Waals surface area (Å²) in [6.45, 7) is 2.07. The molecule has 0 atom stereocenters. The van der Waals surface area contributed by atoms with E-state index in [1.54, 1.807) is 24.3 Å². The van der Waals surface area contributed by atoms with E-state index < -0.39 is 0 Å². The minimum atomic E-state index is 0.00463. The number of hydrogen-bond donors (Lipinski definition) is 2. The molecule has 1 amide bonds. The number of aliphatic hydroxyl groups excluding tert-OH is 1. The summed E-state index contributed by atoms with van der Waals surface area (Å²) < 4.78 is 0. The molecule has 0 heterocycles. The molecule has 0 bridgehead atoms. The quantitative estimate of drug-likeness (QED) is 0.876. The fraction of sp³-hybridized carbons (Fsp3) is 0.235. The smallest absolute Gasteiger partial charge is 0.224 e. The molecule has 3 heteroatoms. The summed E-state index contributed by atoms with van der Waals surface area (Å²) in [5.41, 5.74) is 4.02. The first-order valence-corrected chi connectivity index (χ1v) is 6.73. The van der Waals surface area contributed by atoms with E-state index in [2.05, 4.69) is 24.4 Å². The maximum atomic E-state index is 11.9. The Morgan fingerprint density at radius 3 is 2.45 bits per heavy atom. The zero-order valence-electron chi connectivity index (χ0n) is 11.6. The van der Waals surface area contributed by atoms with Crippen molar-refractivity contribution in [3.63, 3.8) is 0 Å². The minimum absolute atomic E-state index is 0.00463. The molecule has 0 aliphatic rings. The molecule has 0 aromatic heterocycles. The van der Waals surface area contributed by atoms with Crippen LogP contribution in [0, 0.1) is 6.92 Å². The second-order valence-electron chi connectivity index (χ2n) is 4.83. The SMILES string of the molecule is Cc1ccccc1CCC(=O)Nc1ccc(CO)cc1. The van der Waals surface area contributed by atoms with Crippen molar-refractivity contribution in [2.45, 2.75) is 26.4 Å². The summed E-state index contributed by atoms with van der Waals surface area (Å²) in [5.74, 6) is 0.00463. The summed E-state index contributed by atoms with van der Waals surface area (Å²) in [5, 5.41) is 11.8. The number of carbonyl (C=O) groups is 1. The number of carbonyl (C=O) groups excluding carboxylic acids is 1. The zero-order chi connectivity index (χ0) is 14.4. The largest absolute Gasteiger partial charge is 0.392 e. The Balaban J connectivity index is 1.87. The number of rotatable bonds is 5. The molecule has 20 heavy (non-hydrogen) atoms. The molecule has 0 aliphatic carbocycles. The van der Waals surface area contributed by atoms with Gasteiger partial charge in [0.1, 0.15) is 0 Å². The molecule has 0 aliphatic heterocycles. The Morgan fingerprint density at radius 2 is 1.80 bits per heavy atom. The van der Waals surface area contributed by atoms with Gasteiger partial charge >= 0.3 is 0 Å². The second kappa shape index (κ2) is 6.87. The summed E-state index contributed by atoms with van der Waals surface area (Å²) in [6.07, 6.45) is 1.21. The second-order valence-corrected chi connectivity index (χ2v) is 4.83. The van der Waals surface area contributed by atoms with E-state index in [1.165, 1.54) is 11.1 Å². The highest BCUT2D eigenvalue weighted by atomic mass is 16.3. The monoisotopic (exact) mass is 269 g/mol. The van der Waals surface area contributed by atoms with E-state index in [1.807, 2.05) is 12.1 Å². The van der Waals surface area contributed by atoms with E-state index in [0.717, 1.165) is 17.7 Å². The highest BCUT2D eigenvalue weighted by Crippen LogP contribution is 2.12. The third kappa shape index (κ3) is 3.93. The Morgan fingerprint density at radius 1 is 1.10 bits per heavy atom. The number of benzene rings is 2. The molecule has 2 rings (SSSR count). The fourth-order valence-corrected chi connectivity index (χ4v) is 2.06. The van der Waals surface area contributed by atoms with E-state index >= 15 is 0 Å². The summed E-state index contributed by atoms with van der Waals surface area (Å²) in [7, 11) is 0. The van der Waals surface area contributed by atoms with E-state index in [0.29, 0.717) is 6.42 Å². The Labute approximate surface area is 119 Å². The first-order valence-electron chi connectivity index (χ1n) is 6.73. The van der Waals surface area contributed by atoms with E-state index in [-0.39, 0.29) is 12.5 Å². The van der Waals surface area contributed by atoms with Gasteiger partial charge in [0.25, 0.3) is 0 Å². The maximum Gasteiger partial charge on any atom is 0.224 e. The molecule has 0 spiro atoms. The molecule has 0 saturated heterocycles. The van der Waals surface area contributed by atoms with E-state index in [4.69, 9.17) is 5.11 Å². The first-order chi connectivity index (χ1) is 9.69. The third-order valence-electron chi connectivity index (χ3n) is 3.30. The van der Waals surface area contributed by atoms with Gasteiger partial charge in [-0.3, -0.25) is 4.79 Å². The van der Waals surface area contributed by atoms with Crippen molar-refractivity contribution in [3.05, 3.63) is 65.2 Å². The number of aliphatic hydroxyl groups is 1. The lowest BCUT2D eigenvalue weighted by Crippen LogP contribution is -2.12. The maximum absolute atomic E-state index is 11.9. The summed E-state index contributed by atoms with van der Waals surface area (Å²) in [4.78, 5) is 11.9. The molecule has 2 aromatic carbocycles. The van der Waals surface area contributed by atoms with Crippen molar-refractivity contribution < 1.29 is 9.90 Å². The number of nitrogens with one attached hydrogen (secondary N) is 1. The Hall–Kier alpha value is -2.13.